The van der Waals surface area contributed by atoms with E-state index in [1.807, 2.05) is 17.8 Å². The van der Waals surface area contributed by atoms with Crippen molar-refractivity contribution in [3.63, 3.8) is 0 Å². The van der Waals surface area contributed by atoms with Crippen LogP contribution in [0.2, 0.25) is 0 Å². The monoisotopic (exact) mass is 291 g/mol. The summed E-state index contributed by atoms with van der Waals surface area (Å²) in [6.45, 7) is 8.56. The highest BCUT2D eigenvalue weighted by Gasteiger charge is 2.24. The first-order chi connectivity index (χ1) is 9.65. The van der Waals surface area contributed by atoms with Gasteiger partial charge in [-0.05, 0) is 38.2 Å². The minimum Gasteiger partial charge on any atom is -0.310 e. The average molecular weight is 291 g/mol. The maximum atomic E-state index is 4.61. The Morgan fingerprint density at radius 1 is 1.30 bits per heavy atom. The van der Waals surface area contributed by atoms with Crippen molar-refractivity contribution in [1.82, 2.24) is 14.7 Å². The standard InChI is InChI=1S/C16H25N3S/c1-5-16(6-2,20-4)12-17-11-14-13(3)18-15-9-7-8-10-19(14)15/h7-10,17H,5-6,11-12H2,1-4H3. The topological polar surface area (TPSA) is 29.3 Å². The predicted octanol–water partition coefficient (Wildman–Crippen LogP) is 3.65. The Hall–Kier alpha value is -1.000. The van der Waals surface area contributed by atoms with Gasteiger partial charge in [0.15, 0.2) is 0 Å². The van der Waals surface area contributed by atoms with Crippen LogP contribution < -0.4 is 5.32 Å². The molecule has 0 spiro atoms. The lowest BCUT2D eigenvalue weighted by Gasteiger charge is -2.30. The van der Waals surface area contributed by atoms with E-state index in [9.17, 15) is 0 Å². The van der Waals surface area contributed by atoms with Gasteiger partial charge in [0, 0.05) is 24.0 Å². The fraction of sp³-hybridized carbons (Fsp3) is 0.562. The second-order valence-corrected chi connectivity index (χ2v) is 6.54. The lowest BCUT2D eigenvalue weighted by Crippen LogP contribution is -2.36. The van der Waals surface area contributed by atoms with E-state index < -0.39 is 0 Å². The Labute approximate surface area is 126 Å². The fourth-order valence-electron chi connectivity index (χ4n) is 2.65. The molecule has 110 valence electrons. The number of aryl methyl sites for hydroxylation is 1. The molecule has 2 rings (SSSR count). The molecule has 0 aromatic carbocycles. The first-order valence-corrected chi connectivity index (χ1v) is 8.56. The molecule has 2 aromatic heterocycles. The Morgan fingerprint density at radius 3 is 2.70 bits per heavy atom. The van der Waals surface area contributed by atoms with Gasteiger partial charge in [-0.2, -0.15) is 11.8 Å². The molecule has 0 fully saturated rings. The van der Waals surface area contributed by atoms with Crippen LogP contribution in [0.3, 0.4) is 0 Å². The van der Waals surface area contributed by atoms with Crippen LogP contribution in [0.5, 0.6) is 0 Å². The van der Waals surface area contributed by atoms with Crippen LogP contribution >= 0.6 is 11.8 Å². The summed E-state index contributed by atoms with van der Waals surface area (Å²) in [7, 11) is 0. The zero-order valence-electron chi connectivity index (χ0n) is 12.9. The summed E-state index contributed by atoms with van der Waals surface area (Å²) in [6.07, 6.45) is 6.70. The van der Waals surface area contributed by atoms with E-state index in [0.29, 0.717) is 4.75 Å². The van der Waals surface area contributed by atoms with Gasteiger partial charge < -0.3 is 9.72 Å². The van der Waals surface area contributed by atoms with Gasteiger partial charge in [-0.25, -0.2) is 4.98 Å². The summed E-state index contributed by atoms with van der Waals surface area (Å²) < 4.78 is 2.54. The minimum absolute atomic E-state index is 0.356. The van der Waals surface area contributed by atoms with Gasteiger partial charge >= 0.3 is 0 Å². The third-order valence-electron chi connectivity index (χ3n) is 4.29. The number of aromatic nitrogens is 2. The van der Waals surface area contributed by atoms with E-state index in [2.05, 4.69) is 60.1 Å². The van der Waals surface area contributed by atoms with Crippen molar-refractivity contribution in [3.8, 4) is 0 Å². The van der Waals surface area contributed by atoms with E-state index in [4.69, 9.17) is 0 Å². The van der Waals surface area contributed by atoms with E-state index in [0.717, 1.165) is 24.4 Å². The van der Waals surface area contributed by atoms with Crippen LogP contribution in [-0.4, -0.2) is 26.9 Å². The summed E-state index contributed by atoms with van der Waals surface area (Å²) in [4.78, 5) is 4.61. The third kappa shape index (κ3) is 3.01. The highest BCUT2D eigenvalue weighted by Crippen LogP contribution is 2.29. The van der Waals surface area contributed by atoms with Gasteiger partial charge in [0.1, 0.15) is 5.65 Å². The quantitative estimate of drug-likeness (QED) is 0.844. The first-order valence-electron chi connectivity index (χ1n) is 7.34. The largest absolute Gasteiger partial charge is 0.310 e. The van der Waals surface area contributed by atoms with Gasteiger partial charge in [-0.1, -0.05) is 19.9 Å². The molecule has 1 N–H and O–H groups in total. The summed E-state index contributed by atoms with van der Waals surface area (Å²) in [5.41, 5.74) is 3.41. The molecule has 0 unspecified atom stereocenters. The first kappa shape index (κ1) is 15.4. The average Bonchev–Trinajstić information content (AvgIpc) is 2.80. The molecule has 0 radical (unpaired) electrons. The number of nitrogens with zero attached hydrogens (tertiary/aromatic N) is 2. The highest BCUT2D eigenvalue weighted by atomic mass is 32.2. The van der Waals surface area contributed by atoms with Crippen LogP contribution in [0.15, 0.2) is 24.4 Å². The number of nitrogens with one attached hydrogen (secondary N) is 1. The highest BCUT2D eigenvalue weighted by molar-refractivity contribution is 8.00. The molecule has 0 bridgehead atoms. The summed E-state index contributed by atoms with van der Waals surface area (Å²) in [5, 5.41) is 3.63. The molecule has 0 aliphatic carbocycles. The Kier molecular flexibility index (Phi) is 5.11. The Morgan fingerprint density at radius 2 is 2.05 bits per heavy atom. The molecule has 0 aliphatic rings. The van der Waals surface area contributed by atoms with Gasteiger partial charge in [0.05, 0.1) is 11.4 Å². The maximum Gasteiger partial charge on any atom is 0.137 e. The summed E-state index contributed by atoms with van der Waals surface area (Å²) in [6, 6.07) is 6.15. The van der Waals surface area contributed by atoms with E-state index in [-0.39, 0.29) is 0 Å². The van der Waals surface area contributed by atoms with Crippen LogP contribution in [-0.2, 0) is 6.54 Å². The van der Waals surface area contributed by atoms with Crippen molar-refractivity contribution >= 4 is 17.4 Å². The molecule has 0 amide bonds. The van der Waals surface area contributed by atoms with Gasteiger partial charge in [0.2, 0.25) is 0 Å². The van der Waals surface area contributed by atoms with Crippen molar-refractivity contribution in [3.05, 3.63) is 35.8 Å². The van der Waals surface area contributed by atoms with E-state index in [1.54, 1.807) is 0 Å². The molecule has 0 atom stereocenters. The van der Waals surface area contributed by atoms with Crippen LogP contribution in [0, 0.1) is 6.92 Å². The Bertz CT molecular complexity index is 550. The van der Waals surface area contributed by atoms with Crippen LogP contribution in [0.4, 0.5) is 0 Å². The van der Waals surface area contributed by atoms with Gasteiger partial charge in [-0.3, -0.25) is 0 Å². The zero-order chi connectivity index (χ0) is 14.6. The van der Waals surface area contributed by atoms with Crippen molar-refractivity contribution in [2.75, 3.05) is 12.8 Å². The maximum absolute atomic E-state index is 4.61. The zero-order valence-corrected chi connectivity index (χ0v) is 13.8. The predicted molar refractivity (Wildman–Crippen MR) is 88.5 cm³/mol. The SMILES string of the molecule is CCC(CC)(CNCc1c(C)nc2ccccn12)SC. The second kappa shape index (κ2) is 6.64. The number of hydrogen-bond acceptors (Lipinski definition) is 3. The number of thioether (sulfide) groups is 1. The van der Waals surface area contributed by atoms with Gasteiger partial charge in [0.25, 0.3) is 0 Å². The molecule has 0 aliphatic heterocycles. The molecule has 2 aromatic rings. The molecule has 20 heavy (non-hydrogen) atoms. The molecule has 2 heterocycles. The van der Waals surface area contributed by atoms with Crippen molar-refractivity contribution in [2.24, 2.45) is 0 Å². The normalized spacial score (nSPS) is 12.2. The number of hydrogen-bond donors (Lipinski definition) is 1. The smallest absolute Gasteiger partial charge is 0.137 e. The van der Waals surface area contributed by atoms with E-state index >= 15 is 0 Å². The van der Waals surface area contributed by atoms with Gasteiger partial charge in [-0.15, -0.1) is 0 Å². The fourth-order valence-corrected chi connectivity index (χ4v) is 3.47. The second-order valence-electron chi connectivity index (χ2n) is 5.27. The van der Waals surface area contributed by atoms with Crippen molar-refractivity contribution in [1.29, 1.82) is 0 Å². The number of imidazole rings is 1. The number of fused-ring (bicyclic) bond motifs is 1. The molecule has 4 heteroatoms. The molecule has 0 saturated carbocycles. The minimum atomic E-state index is 0.356. The van der Waals surface area contributed by atoms with E-state index in [1.165, 1.54) is 18.5 Å². The molecule has 0 saturated heterocycles. The van der Waals surface area contributed by atoms with Crippen LogP contribution in [0.25, 0.3) is 5.65 Å². The molecular weight excluding hydrogens is 266 g/mol. The van der Waals surface area contributed by atoms with Crippen molar-refractivity contribution < 1.29 is 0 Å². The summed E-state index contributed by atoms with van der Waals surface area (Å²) in [5.74, 6) is 0. The molecular formula is C16H25N3S. The molecule has 3 nitrogen and oxygen atoms in total. The Balaban J connectivity index is 2.08. The lowest BCUT2D eigenvalue weighted by molar-refractivity contribution is 0.491. The lowest BCUT2D eigenvalue weighted by atomic mass is 10.0. The van der Waals surface area contributed by atoms with Crippen molar-refractivity contribution in [2.45, 2.75) is 44.9 Å². The third-order valence-corrected chi connectivity index (χ3v) is 5.88. The summed E-state index contributed by atoms with van der Waals surface area (Å²) >= 11 is 1.98. The number of rotatable bonds is 7. The number of pyridine rings is 1. The van der Waals surface area contributed by atoms with Crippen LogP contribution in [0.1, 0.15) is 38.1 Å².